The highest BCUT2D eigenvalue weighted by Gasteiger charge is 2.25. The van der Waals surface area contributed by atoms with Gasteiger partial charge in [0.1, 0.15) is 12.1 Å². The topological polar surface area (TPSA) is 89.3 Å². The molecule has 0 bridgehead atoms. The minimum atomic E-state index is 0.00130. The summed E-state index contributed by atoms with van der Waals surface area (Å²) in [4.78, 5) is 25.7. The van der Waals surface area contributed by atoms with Crippen molar-refractivity contribution in [2.24, 2.45) is 0 Å². The highest BCUT2D eigenvalue weighted by Crippen LogP contribution is 2.24. The van der Waals surface area contributed by atoms with Gasteiger partial charge in [-0.05, 0) is 30.3 Å². The third kappa shape index (κ3) is 3.54. The molecule has 31 heavy (non-hydrogen) atoms. The van der Waals surface area contributed by atoms with E-state index < -0.39 is 0 Å². The Morgan fingerprint density at radius 1 is 0.968 bits per heavy atom. The number of benzene rings is 2. The molecule has 0 unspecified atom stereocenters. The van der Waals surface area contributed by atoms with Gasteiger partial charge in [-0.15, -0.1) is 5.10 Å². The molecule has 0 aliphatic carbocycles. The van der Waals surface area contributed by atoms with Crippen LogP contribution in [0.4, 0.5) is 5.82 Å². The molecule has 1 amide bonds. The summed E-state index contributed by atoms with van der Waals surface area (Å²) >= 11 is 0. The van der Waals surface area contributed by atoms with Crippen molar-refractivity contribution in [2.75, 3.05) is 38.2 Å². The lowest BCUT2D eigenvalue weighted by atomic mass is 10.1. The molecule has 9 heteroatoms. The zero-order chi connectivity index (χ0) is 21.2. The SMILES string of the molecule is COc1cccc(C(=O)N2CCN(c3ncnc4c3nnn4-c3ccccc3)CC2)c1. The first-order valence-electron chi connectivity index (χ1n) is 10.0. The van der Waals surface area contributed by atoms with Crippen LogP contribution in [0.1, 0.15) is 10.4 Å². The van der Waals surface area contributed by atoms with Gasteiger partial charge in [0.25, 0.3) is 5.91 Å². The number of para-hydroxylation sites is 1. The molecular weight excluding hydrogens is 394 g/mol. The Kier molecular flexibility index (Phi) is 4.91. The van der Waals surface area contributed by atoms with E-state index in [0.717, 1.165) is 11.5 Å². The van der Waals surface area contributed by atoms with Crippen molar-refractivity contribution in [3.05, 3.63) is 66.5 Å². The quantitative estimate of drug-likeness (QED) is 0.505. The maximum absolute atomic E-state index is 12.9. The molecule has 156 valence electrons. The fourth-order valence-electron chi connectivity index (χ4n) is 3.77. The van der Waals surface area contributed by atoms with Gasteiger partial charge in [-0.25, -0.2) is 9.97 Å². The fraction of sp³-hybridized carbons (Fsp3) is 0.227. The molecule has 0 saturated carbocycles. The molecule has 1 aliphatic rings. The molecule has 0 spiro atoms. The normalized spacial score (nSPS) is 14.1. The molecule has 1 saturated heterocycles. The molecule has 2 aromatic heterocycles. The average Bonchev–Trinajstić information content (AvgIpc) is 3.29. The van der Waals surface area contributed by atoms with Crippen molar-refractivity contribution in [3.63, 3.8) is 0 Å². The van der Waals surface area contributed by atoms with Gasteiger partial charge < -0.3 is 14.5 Å². The number of fused-ring (bicyclic) bond motifs is 1. The monoisotopic (exact) mass is 415 g/mol. The molecule has 0 N–H and O–H groups in total. The van der Waals surface area contributed by atoms with Gasteiger partial charge in [0.2, 0.25) is 0 Å². The number of carbonyl (C=O) groups excluding carboxylic acids is 1. The first kappa shape index (κ1) is 19.0. The molecule has 5 rings (SSSR count). The smallest absolute Gasteiger partial charge is 0.254 e. The second kappa shape index (κ2) is 8.02. The molecule has 3 heterocycles. The summed E-state index contributed by atoms with van der Waals surface area (Å²) in [7, 11) is 1.60. The summed E-state index contributed by atoms with van der Waals surface area (Å²) in [5.41, 5.74) is 2.83. The molecule has 9 nitrogen and oxygen atoms in total. The van der Waals surface area contributed by atoms with Crippen LogP contribution >= 0.6 is 0 Å². The largest absolute Gasteiger partial charge is 0.497 e. The summed E-state index contributed by atoms with van der Waals surface area (Å²) in [6.45, 7) is 2.49. The first-order valence-corrected chi connectivity index (χ1v) is 10.0. The number of hydrogen-bond donors (Lipinski definition) is 0. The Hall–Kier alpha value is -4.01. The van der Waals surface area contributed by atoms with Crippen molar-refractivity contribution < 1.29 is 9.53 Å². The van der Waals surface area contributed by atoms with Gasteiger partial charge in [0, 0.05) is 31.7 Å². The van der Waals surface area contributed by atoms with Crippen molar-refractivity contribution >= 4 is 22.9 Å². The number of rotatable bonds is 4. The van der Waals surface area contributed by atoms with Gasteiger partial charge in [-0.1, -0.05) is 29.5 Å². The van der Waals surface area contributed by atoms with E-state index in [2.05, 4.69) is 25.2 Å². The van der Waals surface area contributed by atoms with E-state index in [4.69, 9.17) is 4.74 Å². The molecule has 1 aliphatic heterocycles. The van der Waals surface area contributed by atoms with Crippen LogP contribution in [-0.2, 0) is 0 Å². The molecular formula is C22H21N7O2. The highest BCUT2D eigenvalue weighted by atomic mass is 16.5. The number of anilines is 1. The minimum Gasteiger partial charge on any atom is -0.497 e. The van der Waals surface area contributed by atoms with Crippen LogP contribution in [0.5, 0.6) is 5.75 Å². The van der Waals surface area contributed by atoms with Crippen LogP contribution in [0.3, 0.4) is 0 Å². The summed E-state index contributed by atoms with van der Waals surface area (Å²) in [5, 5.41) is 8.62. The predicted octanol–water partition coefficient (Wildman–Crippen LogP) is 2.18. The lowest BCUT2D eigenvalue weighted by Gasteiger charge is -2.35. The van der Waals surface area contributed by atoms with Crippen LogP contribution in [0.15, 0.2) is 60.9 Å². The molecule has 0 radical (unpaired) electrons. The Labute approximate surface area is 178 Å². The average molecular weight is 415 g/mol. The van der Waals surface area contributed by atoms with Crippen molar-refractivity contribution in [1.29, 1.82) is 0 Å². The Morgan fingerprint density at radius 2 is 1.77 bits per heavy atom. The van der Waals surface area contributed by atoms with Crippen LogP contribution in [0.25, 0.3) is 16.9 Å². The zero-order valence-electron chi connectivity index (χ0n) is 17.0. The summed E-state index contributed by atoms with van der Waals surface area (Å²) in [6.07, 6.45) is 1.54. The number of hydrogen-bond acceptors (Lipinski definition) is 7. The third-order valence-corrected chi connectivity index (χ3v) is 5.40. The third-order valence-electron chi connectivity index (χ3n) is 5.40. The Balaban J connectivity index is 1.35. The van der Waals surface area contributed by atoms with Crippen LogP contribution in [0.2, 0.25) is 0 Å². The van der Waals surface area contributed by atoms with E-state index >= 15 is 0 Å². The fourth-order valence-corrected chi connectivity index (χ4v) is 3.77. The van der Waals surface area contributed by atoms with Gasteiger partial charge in [-0.2, -0.15) is 4.68 Å². The van der Waals surface area contributed by atoms with E-state index in [1.165, 1.54) is 6.33 Å². The summed E-state index contributed by atoms with van der Waals surface area (Å²) < 4.78 is 6.95. The molecule has 2 aromatic carbocycles. The van der Waals surface area contributed by atoms with Gasteiger partial charge in [0.05, 0.1) is 12.8 Å². The lowest BCUT2D eigenvalue weighted by molar-refractivity contribution is 0.0746. The van der Waals surface area contributed by atoms with Gasteiger partial charge >= 0.3 is 0 Å². The molecule has 0 atom stereocenters. The van der Waals surface area contributed by atoms with E-state index in [9.17, 15) is 4.79 Å². The highest BCUT2D eigenvalue weighted by molar-refractivity contribution is 5.95. The van der Waals surface area contributed by atoms with Crippen molar-refractivity contribution in [2.45, 2.75) is 0 Å². The molecule has 4 aromatic rings. The number of amides is 1. The summed E-state index contributed by atoms with van der Waals surface area (Å²) in [5.74, 6) is 1.41. The number of piperazine rings is 1. The minimum absolute atomic E-state index is 0.00130. The zero-order valence-corrected chi connectivity index (χ0v) is 17.0. The van der Waals surface area contributed by atoms with E-state index in [1.54, 1.807) is 17.9 Å². The van der Waals surface area contributed by atoms with Gasteiger partial charge in [0.15, 0.2) is 17.0 Å². The number of nitrogens with zero attached hydrogens (tertiary/aromatic N) is 7. The second-order valence-electron chi connectivity index (χ2n) is 7.22. The van der Waals surface area contributed by atoms with E-state index in [1.807, 2.05) is 53.4 Å². The lowest BCUT2D eigenvalue weighted by Crippen LogP contribution is -2.49. The maximum Gasteiger partial charge on any atom is 0.254 e. The van der Waals surface area contributed by atoms with E-state index in [-0.39, 0.29) is 5.91 Å². The van der Waals surface area contributed by atoms with Crippen LogP contribution < -0.4 is 9.64 Å². The standard InChI is InChI=1S/C22H21N7O2/c1-31-18-9-5-6-16(14-18)22(30)28-12-10-27(11-13-28)20-19-21(24-15-23-20)29(26-25-19)17-7-3-2-4-8-17/h2-9,14-15H,10-13H2,1H3. The number of aromatic nitrogens is 5. The van der Waals surface area contributed by atoms with Crippen LogP contribution in [-0.4, -0.2) is 69.1 Å². The van der Waals surface area contributed by atoms with Crippen molar-refractivity contribution in [1.82, 2.24) is 29.9 Å². The molecule has 1 fully saturated rings. The number of carbonyl (C=O) groups is 1. The number of ether oxygens (including phenoxy) is 1. The van der Waals surface area contributed by atoms with Crippen LogP contribution in [0, 0.1) is 0 Å². The van der Waals surface area contributed by atoms with Gasteiger partial charge in [-0.3, -0.25) is 4.79 Å². The predicted molar refractivity (Wildman–Crippen MR) is 116 cm³/mol. The van der Waals surface area contributed by atoms with E-state index in [0.29, 0.717) is 48.7 Å². The number of methoxy groups -OCH3 is 1. The Bertz CT molecular complexity index is 1220. The summed E-state index contributed by atoms with van der Waals surface area (Å²) in [6, 6.07) is 17.0. The van der Waals surface area contributed by atoms with Crippen molar-refractivity contribution in [3.8, 4) is 11.4 Å². The maximum atomic E-state index is 12.9. The Morgan fingerprint density at radius 3 is 2.55 bits per heavy atom. The first-order chi connectivity index (χ1) is 15.2. The second-order valence-corrected chi connectivity index (χ2v) is 7.22.